The molecular weight excluding hydrogens is 318 g/mol. The van der Waals surface area contributed by atoms with Gasteiger partial charge in [-0.3, -0.25) is 9.50 Å². The Morgan fingerprint density at radius 3 is 3.08 bits per heavy atom. The van der Waals surface area contributed by atoms with E-state index in [1.54, 1.807) is 0 Å². The number of urea groups is 1. The molecule has 2 amide bonds. The van der Waals surface area contributed by atoms with Gasteiger partial charge < -0.3 is 10.6 Å². The molecule has 8 heteroatoms. The Morgan fingerprint density at radius 2 is 2.24 bits per heavy atom. The van der Waals surface area contributed by atoms with Crippen molar-refractivity contribution in [1.82, 2.24) is 30.1 Å². The Bertz CT molecular complexity index is 911. The van der Waals surface area contributed by atoms with Crippen LogP contribution in [0.4, 0.5) is 10.5 Å². The minimum absolute atomic E-state index is 0.120. The average Bonchev–Trinajstić information content (AvgIpc) is 3.20. The molecule has 0 radical (unpaired) electrons. The van der Waals surface area contributed by atoms with Gasteiger partial charge in [-0.1, -0.05) is 13.8 Å². The van der Waals surface area contributed by atoms with E-state index in [-0.39, 0.29) is 18.0 Å². The predicted octanol–water partition coefficient (Wildman–Crippen LogP) is 2.25. The molecule has 0 saturated heterocycles. The van der Waals surface area contributed by atoms with Crippen LogP contribution < -0.4 is 10.6 Å². The lowest BCUT2D eigenvalue weighted by Crippen LogP contribution is -2.41. The molecule has 3 N–H and O–H groups in total. The van der Waals surface area contributed by atoms with Crippen LogP contribution in [0.5, 0.6) is 0 Å². The zero-order valence-corrected chi connectivity index (χ0v) is 14.3. The first-order valence-electron chi connectivity index (χ1n) is 8.53. The molecule has 1 unspecified atom stereocenters. The van der Waals surface area contributed by atoms with E-state index in [0.717, 1.165) is 30.7 Å². The SMILES string of the molecule is CC(C)c1nnc2ccc(NC(=O)NC3CCc4[nH]ncc4C3)cn12. The summed E-state index contributed by atoms with van der Waals surface area (Å²) < 4.78 is 1.92. The maximum absolute atomic E-state index is 12.3. The number of H-pyrrole nitrogens is 1. The van der Waals surface area contributed by atoms with Gasteiger partial charge in [0.2, 0.25) is 0 Å². The van der Waals surface area contributed by atoms with Gasteiger partial charge in [-0.25, -0.2) is 4.79 Å². The molecule has 0 bridgehead atoms. The second-order valence-electron chi connectivity index (χ2n) is 6.77. The molecule has 0 aromatic carbocycles. The predicted molar refractivity (Wildman–Crippen MR) is 93.6 cm³/mol. The fraction of sp³-hybridized carbons (Fsp3) is 0.412. The lowest BCUT2D eigenvalue weighted by Gasteiger charge is -2.23. The lowest BCUT2D eigenvalue weighted by molar-refractivity contribution is 0.247. The highest BCUT2D eigenvalue weighted by Gasteiger charge is 2.21. The van der Waals surface area contributed by atoms with Crippen LogP contribution in [0.3, 0.4) is 0 Å². The molecule has 8 nitrogen and oxygen atoms in total. The van der Waals surface area contributed by atoms with Crippen molar-refractivity contribution < 1.29 is 4.79 Å². The molecule has 0 spiro atoms. The normalized spacial score (nSPS) is 16.8. The molecule has 0 fully saturated rings. The van der Waals surface area contributed by atoms with E-state index < -0.39 is 0 Å². The molecular formula is C17H21N7O. The minimum atomic E-state index is -0.199. The third-order valence-corrected chi connectivity index (χ3v) is 4.55. The number of amides is 2. The zero-order chi connectivity index (χ0) is 17.4. The van der Waals surface area contributed by atoms with Crippen LogP contribution in [0.1, 0.15) is 43.3 Å². The molecule has 1 aliphatic carbocycles. The van der Waals surface area contributed by atoms with Crippen LogP contribution in [0.2, 0.25) is 0 Å². The van der Waals surface area contributed by atoms with E-state index in [2.05, 4.69) is 44.9 Å². The van der Waals surface area contributed by atoms with E-state index in [1.807, 2.05) is 28.9 Å². The fourth-order valence-corrected chi connectivity index (χ4v) is 3.27. The number of fused-ring (bicyclic) bond motifs is 2. The van der Waals surface area contributed by atoms with Gasteiger partial charge in [0.1, 0.15) is 5.82 Å². The molecule has 130 valence electrons. The highest BCUT2D eigenvalue weighted by atomic mass is 16.2. The number of hydrogen-bond donors (Lipinski definition) is 3. The molecule has 0 aliphatic heterocycles. The monoisotopic (exact) mass is 339 g/mol. The molecule has 1 aliphatic rings. The van der Waals surface area contributed by atoms with Crippen LogP contribution in [0, 0.1) is 0 Å². The quantitative estimate of drug-likeness (QED) is 0.681. The molecule has 1 atom stereocenters. The van der Waals surface area contributed by atoms with Gasteiger partial charge in [0.15, 0.2) is 5.65 Å². The van der Waals surface area contributed by atoms with Crippen molar-refractivity contribution in [1.29, 1.82) is 0 Å². The summed E-state index contributed by atoms with van der Waals surface area (Å²) in [6.45, 7) is 4.13. The first kappa shape index (κ1) is 15.6. The second kappa shape index (κ2) is 6.19. The van der Waals surface area contributed by atoms with Gasteiger partial charge in [0, 0.05) is 23.9 Å². The largest absolute Gasteiger partial charge is 0.335 e. The van der Waals surface area contributed by atoms with Gasteiger partial charge in [0.25, 0.3) is 0 Å². The lowest BCUT2D eigenvalue weighted by atomic mass is 9.94. The summed E-state index contributed by atoms with van der Waals surface area (Å²) in [5.74, 6) is 1.13. The van der Waals surface area contributed by atoms with Crippen molar-refractivity contribution in [3.63, 3.8) is 0 Å². The number of hydrogen-bond acceptors (Lipinski definition) is 4. The van der Waals surface area contributed by atoms with Gasteiger partial charge in [-0.05, 0) is 37.0 Å². The fourth-order valence-electron chi connectivity index (χ4n) is 3.27. The summed E-state index contributed by atoms with van der Waals surface area (Å²) in [7, 11) is 0. The Labute approximate surface area is 145 Å². The summed E-state index contributed by atoms with van der Waals surface area (Å²) in [6.07, 6.45) is 6.32. The maximum Gasteiger partial charge on any atom is 0.319 e. The van der Waals surface area contributed by atoms with Gasteiger partial charge in [0.05, 0.1) is 11.9 Å². The van der Waals surface area contributed by atoms with Crippen LogP contribution >= 0.6 is 0 Å². The number of nitrogens with zero attached hydrogens (tertiary/aromatic N) is 4. The molecule has 0 saturated carbocycles. The number of carbonyl (C=O) groups is 1. The van der Waals surface area contributed by atoms with Crippen molar-refractivity contribution in [3.05, 3.63) is 41.6 Å². The highest BCUT2D eigenvalue weighted by molar-refractivity contribution is 5.89. The number of nitrogens with one attached hydrogen (secondary N) is 3. The van der Waals surface area contributed by atoms with E-state index in [9.17, 15) is 4.79 Å². The van der Waals surface area contributed by atoms with Crippen LogP contribution in [0.15, 0.2) is 24.5 Å². The molecule has 3 heterocycles. The van der Waals surface area contributed by atoms with E-state index >= 15 is 0 Å². The summed E-state index contributed by atoms with van der Waals surface area (Å²) >= 11 is 0. The van der Waals surface area contributed by atoms with Crippen molar-refractivity contribution >= 4 is 17.4 Å². The number of pyridine rings is 1. The van der Waals surface area contributed by atoms with Crippen molar-refractivity contribution in [3.8, 4) is 0 Å². The van der Waals surface area contributed by atoms with E-state index in [1.165, 1.54) is 11.3 Å². The van der Waals surface area contributed by atoms with Crippen molar-refractivity contribution in [2.45, 2.75) is 45.1 Å². The number of rotatable bonds is 3. The minimum Gasteiger partial charge on any atom is -0.335 e. The Morgan fingerprint density at radius 1 is 1.36 bits per heavy atom. The summed E-state index contributed by atoms with van der Waals surface area (Å²) in [6, 6.07) is 3.61. The summed E-state index contributed by atoms with van der Waals surface area (Å²) in [5.41, 5.74) is 3.85. The Balaban J connectivity index is 1.44. The van der Waals surface area contributed by atoms with Gasteiger partial charge in [-0.15, -0.1) is 10.2 Å². The molecule has 25 heavy (non-hydrogen) atoms. The standard InChI is InChI=1S/C17H21N7O/c1-10(2)16-23-22-15-6-4-13(9-24(15)16)20-17(25)19-12-3-5-14-11(7-12)8-18-21-14/h4,6,8-10,12H,3,5,7H2,1-2H3,(H,18,21)(H2,19,20,25). The van der Waals surface area contributed by atoms with Crippen LogP contribution in [-0.2, 0) is 12.8 Å². The Kier molecular flexibility index (Phi) is 3.87. The number of aryl methyl sites for hydroxylation is 1. The number of aromatic nitrogens is 5. The molecule has 4 rings (SSSR count). The topological polar surface area (TPSA) is 100 Å². The van der Waals surface area contributed by atoms with E-state index in [0.29, 0.717) is 5.69 Å². The van der Waals surface area contributed by atoms with Gasteiger partial charge in [-0.2, -0.15) is 5.10 Å². The van der Waals surface area contributed by atoms with Crippen molar-refractivity contribution in [2.24, 2.45) is 0 Å². The smallest absolute Gasteiger partial charge is 0.319 e. The average molecular weight is 339 g/mol. The third kappa shape index (κ3) is 3.07. The van der Waals surface area contributed by atoms with Crippen molar-refractivity contribution in [2.75, 3.05) is 5.32 Å². The maximum atomic E-state index is 12.3. The number of anilines is 1. The number of carbonyl (C=O) groups excluding carboxylic acids is 1. The van der Waals surface area contributed by atoms with Crippen LogP contribution in [0.25, 0.3) is 5.65 Å². The molecule has 3 aromatic heterocycles. The summed E-state index contributed by atoms with van der Waals surface area (Å²) in [4.78, 5) is 12.3. The highest BCUT2D eigenvalue weighted by Crippen LogP contribution is 2.19. The summed E-state index contributed by atoms with van der Waals surface area (Å²) in [5, 5.41) is 21.4. The first-order chi connectivity index (χ1) is 12.1. The first-order valence-corrected chi connectivity index (χ1v) is 8.53. The third-order valence-electron chi connectivity index (χ3n) is 4.55. The molecule has 3 aromatic rings. The number of aromatic amines is 1. The van der Waals surface area contributed by atoms with E-state index in [4.69, 9.17) is 0 Å². The Hall–Kier alpha value is -2.90. The second-order valence-corrected chi connectivity index (χ2v) is 6.77. The van der Waals surface area contributed by atoms with Gasteiger partial charge >= 0.3 is 6.03 Å². The van der Waals surface area contributed by atoms with Crippen LogP contribution in [-0.4, -0.2) is 36.9 Å². The zero-order valence-electron chi connectivity index (χ0n) is 14.3.